The van der Waals surface area contributed by atoms with E-state index in [4.69, 9.17) is 16.3 Å². The van der Waals surface area contributed by atoms with Gasteiger partial charge in [-0.2, -0.15) is 0 Å². The van der Waals surface area contributed by atoms with E-state index < -0.39 is 11.7 Å². The molecule has 22 heavy (non-hydrogen) atoms. The summed E-state index contributed by atoms with van der Waals surface area (Å²) in [6, 6.07) is 9.60. The van der Waals surface area contributed by atoms with Crippen LogP contribution in [0.15, 0.2) is 36.4 Å². The maximum Gasteiger partial charge on any atom is 0.255 e. The van der Waals surface area contributed by atoms with Crippen molar-refractivity contribution in [2.45, 2.75) is 19.8 Å². The van der Waals surface area contributed by atoms with Crippen LogP contribution in [0.5, 0.6) is 5.75 Å². The van der Waals surface area contributed by atoms with Crippen molar-refractivity contribution in [3.63, 3.8) is 0 Å². The molecule has 0 fully saturated rings. The van der Waals surface area contributed by atoms with Crippen molar-refractivity contribution in [1.82, 2.24) is 0 Å². The lowest BCUT2D eigenvalue weighted by Crippen LogP contribution is -2.13. The number of hydrogen-bond acceptors (Lipinski definition) is 2. The van der Waals surface area contributed by atoms with Crippen LogP contribution in [0.2, 0.25) is 5.02 Å². The van der Waals surface area contributed by atoms with E-state index in [0.29, 0.717) is 5.56 Å². The summed E-state index contributed by atoms with van der Waals surface area (Å²) in [5, 5.41) is 2.50. The van der Waals surface area contributed by atoms with Crippen molar-refractivity contribution in [3.05, 3.63) is 58.4 Å². The molecule has 0 heterocycles. The minimum Gasteiger partial charge on any atom is -0.496 e. The van der Waals surface area contributed by atoms with Gasteiger partial charge in [0.05, 0.1) is 17.8 Å². The third kappa shape index (κ3) is 3.39. The summed E-state index contributed by atoms with van der Waals surface area (Å²) in [5.74, 6) is -0.119. The predicted octanol–water partition coefficient (Wildman–Crippen LogP) is 4.86. The summed E-state index contributed by atoms with van der Waals surface area (Å²) in [7, 11) is 1.59. The number of halogens is 2. The Hall–Kier alpha value is -2.07. The van der Waals surface area contributed by atoms with Crippen molar-refractivity contribution >= 4 is 23.2 Å². The lowest BCUT2D eigenvalue weighted by molar-refractivity contribution is 0.102. The number of nitrogens with one attached hydrogen (secondary N) is 1. The third-order valence-corrected chi connectivity index (χ3v) is 3.61. The molecule has 0 aliphatic carbocycles. The van der Waals surface area contributed by atoms with Crippen molar-refractivity contribution < 1.29 is 13.9 Å². The number of carbonyl (C=O) groups is 1. The molecule has 1 amide bonds. The Kier molecular flexibility index (Phi) is 5.03. The molecule has 0 bridgehead atoms. The molecule has 0 saturated heterocycles. The van der Waals surface area contributed by atoms with Crippen LogP contribution in [0.4, 0.5) is 10.1 Å². The average Bonchev–Trinajstić information content (AvgIpc) is 2.51. The minimum absolute atomic E-state index is 0.0320. The molecule has 0 spiro atoms. The average molecular weight is 322 g/mol. The molecule has 3 nitrogen and oxygen atoms in total. The van der Waals surface area contributed by atoms with E-state index in [1.165, 1.54) is 12.1 Å². The number of carbonyl (C=O) groups excluding carboxylic acids is 1. The summed E-state index contributed by atoms with van der Waals surface area (Å²) in [6.07, 6.45) is 0. The first-order chi connectivity index (χ1) is 10.4. The summed E-state index contributed by atoms with van der Waals surface area (Å²) >= 11 is 5.71. The molecule has 1 N–H and O–H groups in total. The molecular weight excluding hydrogens is 305 g/mol. The summed E-state index contributed by atoms with van der Waals surface area (Å²) < 4.78 is 19.1. The van der Waals surface area contributed by atoms with Crippen LogP contribution in [-0.4, -0.2) is 13.0 Å². The number of amides is 1. The number of methoxy groups -OCH3 is 1. The second-order valence-electron chi connectivity index (χ2n) is 5.17. The molecule has 2 rings (SSSR count). The van der Waals surface area contributed by atoms with E-state index in [2.05, 4.69) is 5.32 Å². The molecule has 0 aliphatic rings. The lowest BCUT2D eigenvalue weighted by atomic mass is 9.99. The minimum atomic E-state index is -0.643. The molecule has 0 radical (unpaired) electrons. The van der Waals surface area contributed by atoms with E-state index in [1.54, 1.807) is 31.4 Å². The van der Waals surface area contributed by atoms with Crippen LogP contribution in [0, 0.1) is 5.82 Å². The van der Waals surface area contributed by atoms with Crippen molar-refractivity contribution in [2.75, 3.05) is 12.4 Å². The fourth-order valence-corrected chi connectivity index (χ4v) is 2.30. The predicted molar refractivity (Wildman–Crippen MR) is 86.4 cm³/mol. The zero-order chi connectivity index (χ0) is 16.3. The van der Waals surface area contributed by atoms with E-state index in [0.717, 1.165) is 11.3 Å². The van der Waals surface area contributed by atoms with Gasteiger partial charge < -0.3 is 10.1 Å². The van der Waals surface area contributed by atoms with Crippen molar-refractivity contribution in [2.24, 2.45) is 0 Å². The number of rotatable bonds is 4. The Labute approximate surface area is 134 Å². The number of anilines is 1. The van der Waals surface area contributed by atoms with Gasteiger partial charge in [0.2, 0.25) is 0 Å². The first-order valence-corrected chi connectivity index (χ1v) is 7.25. The Balaban J connectivity index is 2.30. The van der Waals surface area contributed by atoms with Crippen LogP contribution >= 0.6 is 11.6 Å². The Morgan fingerprint density at radius 2 is 2.00 bits per heavy atom. The van der Waals surface area contributed by atoms with Gasteiger partial charge in [0.1, 0.15) is 5.75 Å². The highest BCUT2D eigenvalue weighted by atomic mass is 35.5. The first-order valence-electron chi connectivity index (χ1n) is 6.87. The third-order valence-electron chi connectivity index (χ3n) is 3.31. The zero-order valence-electron chi connectivity index (χ0n) is 12.6. The topological polar surface area (TPSA) is 38.3 Å². The van der Waals surface area contributed by atoms with E-state index in [-0.39, 0.29) is 16.6 Å². The van der Waals surface area contributed by atoms with Crippen molar-refractivity contribution in [3.8, 4) is 5.75 Å². The van der Waals surface area contributed by atoms with Gasteiger partial charge in [-0.05, 0) is 41.8 Å². The second-order valence-corrected chi connectivity index (χ2v) is 5.57. The summed E-state index contributed by atoms with van der Waals surface area (Å²) in [6.45, 7) is 4.02. The van der Waals surface area contributed by atoms with Gasteiger partial charge in [0.15, 0.2) is 5.82 Å². The monoisotopic (exact) mass is 321 g/mol. The van der Waals surface area contributed by atoms with Gasteiger partial charge in [0.25, 0.3) is 5.91 Å². The summed E-state index contributed by atoms with van der Waals surface area (Å²) in [4.78, 5) is 12.3. The zero-order valence-corrected chi connectivity index (χ0v) is 13.4. The fourth-order valence-electron chi connectivity index (χ4n) is 2.12. The first kappa shape index (κ1) is 16.3. The molecule has 0 unspecified atom stereocenters. The van der Waals surface area contributed by atoms with E-state index in [1.807, 2.05) is 13.8 Å². The normalized spacial score (nSPS) is 10.6. The second kappa shape index (κ2) is 6.79. The smallest absolute Gasteiger partial charge is 0.255 e. The van der Waals surface area contributed by atoms with Crippen LogP contribution in [0.25, 0.3) is 0 Å². The standard InChI is InChI=1S/C17H17ClFNO2/c1-10(2)12-9-11(7-8-15(12)22-3)17(21)20-14-6-4-5-13(18)16(14)19/h4-10H,1-3H3,(H,20,21). The molecule has 2 aromatic carbocycles. The maximum absolute atomic E-state index is 13.8. The van der Waals surface area contributed by atoms with Gasteiger partial charge in [0, 0.05) is 5.56 Å². The molecule has 116 valence electrons. The van der Waals surface area contributed by atoms with Gasteiger partial charge >= 0.3 is 0 Å². The van der Waals surface area contributed by atoms with Gasteiger partial charge in [-0.15, -0.1) is 0 Å². The SMILES string of the molecule is COc1ccc(C(=O)Nc2cccc(Cl)c2F)cc1C(C)C. The van der Waals surface area contributed by atoms with Gasteiger partial charge in [-0.25, -0.2) is 4.39 Å². The van der Waals surface area contributed by atoms with Crippen LogP contribution in [0.1, 0.15) is 35.7 Å². The molecule has 0 saturated carbocycles. The Bertz CT molecular complexity index is 701. The van der Waals surface area contributed by atoms with Crippen LogP contribution in [-0.2, 0) is 0 Å². The number of hydrogen-bond donors (Lipinski definition) is 1. The number of benzene rings is 2. The molecule has 2 aromatic rings. The molecule has 0 aromatic heterocycles. The quantitative estimate of drug-likeness (QED) is 0.873. The Morgan fingerprint density at radius 1 is 1.27 bits per heavy atom. The van der Waals surface area contributed by atoms with Gasteiger partial charge in [-0.3, -0.25) is 4.79 Å². The maximum atomic E-state index is 13.8. The van der Waals surface area contributed by atoms with Crippen LogP contribution < -0.4 is 10.1 Å². The van der Waals surface area contributed by atoms with Gasteiger partial charge in [-0.1, -0.05) is 31.5 Å². The molecule has 0 atom stereocenters. The fraction of sp³-hybridized carbons (Fsp3) is 0.235. The highest BCUT2D eigenvalue weighted by molar-refractivity contribution is 6.31. The molecule has 5 heteroatoms. The number of ether oxygens (including phenoxy) is 1. The molecule has 0 aliphatic heterocycles. The Morgan fingerprint density at radius 3 is 2.64 bits per heavy atom. The lowest BCUT2D eigenvalue weighted by Gasteiger charge is -2.14. The highest BCUT2D eigenvalue weighted by Crippen LogP contribution is 2.28. The molecular formula is C17H17ClFNO2. The van der Waals surface area contributed by atoms with E-state index >= 15 is 0 Å². The van der Waals surface area contributed by atoms with E-state index in [9.17, 15) is 9.18 Å². The highest BCUT2D eigenvalue weighted by Gasteiger charge is 2.15. The van der Waals surface area contributed by atoms with Crippen molar-refractivity contribution in [1.29, 1.82) is 0 Å². The van der Waals surface area contributed by atoms with Crippen LogP contribution in [0.3, 0.4) is 0 Å². The summed E-state index contributed by atoms with van der Waals surface area (Å²) in [5.41, 5.74) is 1.41. The largest absolute Gasteiger partial charge is 0.496 e.